The molecule has 0 spiro atoms. The highest BCUT2D eigenvalue weighted by atomic mass is 16.3. The molecule has 1 aliphatic rings. The van der Waals surface area contributed by atoms with Gasteiger partial charge in [-0.1, -0.05) is 55.7 Å². The van der Waals surface area contributed by atoms with Gasteiger partial charge in [0, 0.05) is 24.8 Å². The fourth-order valence-corrected chi connectivity index (χ4v) is 3.57. The lowest BCUT2D eigenvalue weighted by molar-refractivity contribution is 0.00458. The standard InChI is InChI=1S/C21H26N2O2/c1-23(20(24)22-18-11-4-2-5-12-18)19-13-7-6-10-17(19)16-21(25)14-8-3-9-15-21/h2,4-7,10-13,25H,3,8-9,14-16H2,1H3,(H,22,24). The zero-order chi connectivity index (χ0) is 17.7. The molecule has 4 nitrogen and oxygen atoms in total. The van der Waals surface area contributed by atoms with Gasteiger partial charge in [-0.25, -0.2) is 4.79 Å². The average Bonchev–Trinajstić information content (AvgIpc) is 2.63. The summed E-state index contributed by atoms with van der Waals surface area (Å²) in [5, 5.41) is 13.8. The summed E-state index contributed by atoms with van der Waals surface area (Å²) in [5.41, 5.74) is 1.97. The number of nitrogens with one attached hydrogen (secondary N) is 1. The predicted octanol–water partition coefficient (Wildman–Crippen LogP) is 4.59. The number of aliphatic hydroxyl groups is 1. The molecule has 0 aromatic heterocycles. The Hall–Kier alpha value is -2.33. The minimum Gasteiger partial charge on any atom is -0.390 e. The van der Waals surface area contributed by atoms with E-state index in [1.165, 1.54) is 6.42 Å². The molecule has 1 aliphatic carbocycles. The van der Waals surface area contributed by atoms with Crippen LogP contribution in [0.25, 0.3) is 0 Å². The molecule has 0 aliphatic heterocycles. The van der Waals surface area contributed by atoms with Crippen molar-refractivity contribution in [2.45, 2.75) is 44.1 Å². The molecule has 0 radical (unpaired) electrons. The van der Waals surface area contributed by atoms with E-state index in [9.17, 15) is 9.90 Å². The highest BCUT2D eigenvalue weighted by Crippen LogP contribution is 2.33. The van der Waals surface area contributed by atoms with Crippen LogP contribution in [0.15, 0.2) is 54.6 Å². The molecule has 1 saturated carbocycles. The lowest BCUT2D eigenvalue weighted by atomic mass is 9.80. The Labute approximate surface area is 149 Å². The maximum absolute atomic E-state index is 12.6. The van der Waals surface area contributed by atoms with Crippen LogP contribution in [-0.4, -0.2) is 23.8 Å². The van der Waals surface area contributed by atoms with Crippen molar-refractivity contribution in [3.63, 3.8) is 0 Å². The Bertz CT molecular complexity index is 709. The van der Waals surface area contributed by atoms with Gasteiger partial charge in [-0.2, -0.15) is 0 Å². The third-order valence-electron chi connectivity index (χ3n) is 4.99. The number of amides is 2. The van der Waals surface area contributed by atoms with Crippen molar-refractivity contribution < 1.29 is 9.90 Å². The minimum absolute atomic E-state index is 0.186. The molecule has 0 saturated heterocycles. The third-order valence-corrected chi connectivity index (χ3v) is 4.99. The molecule has 0 heterocycles. The normalized spacial score (nSPS) is 16.2. The average molecular weight is 338 g/mol. The van der Waals surface area contributed by atoms with E-state index in [2.05, 4.69) is 5.32 Å². The number of benzene rings is 2. The van der Waals surface area contributed by atoms with Crippen molar-refractivity contribution in [1.82, 2.24) is 0 Å². The van der Waals surface area contributed by atoms with Crippen LogP contribution in [0.2, 0.25) is 0 Å². The number of hydrogen-bond acceptors (Lipinski definition) is 2. The van der Waals surface area contributed by atoms with Crippen molar-refractivity contribution in [2.24, 2.45) is 0 Å². The largest absolute Gasteiger partial charge is 0.390 e. The summed E-state index contributed by atoms with van der Waals surface area (Å²) in [6.07, 6.45) is 5.60. The lowest BCUT2D eigenvalue weighted by Crippen LogP contribution is -2.36. The zero-order valence-electron chi connectivity index (χ0n) is 14.7. The van der Waals surface area contributed by atoms with Crippen molar-refractivity contribution in [3.05, 3.63) is 60.2 Å². The summed E-state index contributed by atoms with van der Waals surface area (Å²) >= 11 is 0. The SMILES string of the molecule is CN(C(=O)Nc1ccccc1)c1ccccc1CC1(O)CCCCC1. The molecule has 0 bridgehead atoms. The molecule has 132 valence electrons. The molecule has 4 heteroatoms. The Morgan fingerprint density at radius 2 is 1.68 bits per heavy atom. The van der Waals surface area contributed by atoms with E-state index in [0.29, 0.717) is 6.42 Å². The molecule has 2 aromatic carbocycles. The topological polar surface area (TPSA) is 52.6 Å². The number of hydrogen-bond donors (Lipinski definition) is 2. The first-order chi connectivity index (χ1) is 12.1. The maximum Gasteiger partial charge on any atom is 0.326 e. The van der Waals surface area contributed by atoms with Gasteiger partial charge in [0.15, 0.2) is 0 Å². The number of nitrogens with zero attached hydrogens (tertiary/aromatic N) is 1. The number of carbonyl (C=O) groups excluding carboxylic acids is 1. The van der Waals surface area contributed by atoms with Crippen LogP contribution in [0.5, 0.6) is 0 Å². The molecule has 25 heavy (non-hydrogen) atoms. The molecule has 1 fully saturated rings. The first kappa shape index (κ1) is 17.5. The van der Waals surface area contributed by atoms with Gasteiger partial charge in [0.05, 0.1) is 5.60 Å². The van der Waals surface area contributed by atoms with E-state index in [0.717, 1.165) is 42.6 Å². The lowest BCUT2D eigenvalue weighted by Gasteiger charge is -2.33. The van der Waals surface area contributed by atoms with Crippen LogP contribution in [0.3, 0.4) is 0 Å². The monoisotopic (exact) mass is 338 g/mol. The summed E-state index contributed by atoms with van der Waals surface area (Å²) < 4.78 is 0. The van der Waals surface area contributed by atoms with E-state index in [1.54, 1.807) is 11.9 Å². The van der Waals surface area contributed by atoms with Crippen molar-refractivity contribution in [3.8, 4) is 0 Å². The fraction of sp³-hybridized carbons (Fsp3) is 0.381. The molecule has 3 rings (SSSR count). The highest BCUT2D eigenvalue weighted by Gasteiger charge is 2.30. The predicted molar refractivity (Wildman–Crippen MR) is 102 cm³/mol. The van der Waals surface area contributed by atoms with Crippen molar-refractivity contribution in [1.29, 1.82) is 0 Å². The van der Waals surface area contributed by atoms with Gasteiger partial charge >= 0.3 is 6.03 Å². The van der Waals surface area contributed by atoms with Gasteiger partial charge in [-0.05, 0) is 36.6 Å². The highest BCUT2D eigenvalue weighted by molar-refractivity contribution is 6.01. The van der Waals surface area contributed by atoms with Crippen LogP contribution in [0.1, 0.15) is 37.7 Å². The number of anilines is 2. The summed E-state index contributed by atoms with van der Waals surface area (Å²) in [4.78, 5) is 14.2. The Balaban J connectivity index is 1.76. The molecular formula is C21H26N2O2. The smallest absolute Gasteiger partial charge is 0.326 e. The molecular weight excluding hydrogens is 312 g/mol. The summed E-state index contributed by atoms with van der Waals surface area (Å²) in [6, 6.07) is 17.1. The first-order valence-corrected chi connectivity index (χ1v) is 8.97. The van der Waals surface area contributed by atoms with Crippen LogP contribution >= 0.6 is 0 Å². The van der Waals surface area contributed by atoms with Crippen LogP contribution in [0, 0.1) is 0 Å². The van der Waals surface area contributed by atoms with Gasteiger partial charge in [0.1, 0.15) is 0 Å². The van der Waals surface area contributed by atoms with Gasteiger partial charge in [0.2, 0.25) is 0 Å². The number of urea groups is 1. The Kier molecular flexibility index (Phi) is 5.39. The van der Waals surface area contributed by atoms with Crippen molar-refractivity contribution in [2.75, 3.05) is 17.3 Å². The van der Waals surface area contributed by atoms with Crippen molar-refractivity contribution >= 4 is 17.4 Å². The van der Waals surface area contributed by atoms with E-state index >= 15 is 0 Å². The Morgan fingerprint density at radius 1 is 1.04 bits per heavy atom. The van der Waals surface area contributed by atoms with Crippen LogP contribution in [-0.2, 0) is 6.42 Å². The number of para-hydroxylation sites is 2. The van der Waals surface area contributed by atoms with Crippen LogP contribution < -0.4 is 10.2 Å². The fourth-order valence-electron chi connectivity index (χ4n) is 3.57. The molecule has 2 amide bonds. The molecule has 2 aromatic rings. The van der Waals surface area contributed by atoms with Gasteiger partial charge in [0.25, 0.3) is 0 Å². The minimum atomic E-state index is -0.648. The van der Waals surface area contributed by atoms with Crippen LogP contribution in [0.4, 0.5) is 16.2 Å². The third kappa shape index (κ3) is 4.40. The summed E-state index contributed by atoms with van der Waals surface area (Å²) in [7, 11) is 1.77. The molecule has 2 N–H and O–H groups in total. The van der Waals surface area contributed by atoms with Gasteiger partial charge < -0.3 is 10.4 Å². The number of carbonyl (C=O) groups is 1. The summed E-state index contributed by atoms with van der Waals surface area (Å²) in [6.45, 7) is 0. The summed E-state index contributed by atoms with van der Waals surface area (Å²) in [5.74, 6) is 0. The number of rotatable bonds is 4. The second-order valence-corrected chi connectivity index (χ2v) is 6.95. The van der Waals surface area contributed by atoms with E-state index in [1.807, 2.05) is 54.6 Å². The van der Waals surface area contributed by atoms with E-state index in [-0.39, 0.29) is 6.03 Å². The van der Waals surface area contributed by atoms with E-state index < -0.39 is 5.60 Å². The second kappa shape index (κ2) is 7.70. The second-order valence-electron chi connectivity index (χ2n) is 6.95. The van der Waals surface area contributed by atoms with Gasteiger partial charge in [-0.15, -0.1) is 0 Å². The quantitative estimate of drug-likeness (QED) is 0.856. The first-order valence-electron chi connectivity index (χ1n) is 8.97. The molecule has 0 atom stereocenters. The molecule has 0 unspecified atom stereocenters. The Morgan fingerprint density at radius 3 is 2.40 bits per heavy atom. The van der Waals surface area contributed by atoms with Gasteiger partial charge in [-0.3, -0.25) is 4.90 Å². The maximum atomic E-state index is 12.6. The zero-order valence-corrected chi connectivity index (χ0v) is 14.7. The van der Waals surface area contributed by atoms with E-state index in [4.69, 9.17) is 0 Å².